The Balaban J connectivity index is 1.34. The molecule has 2 amide bonds. The molecule has 37 heavy (non-hydrogen) atoms. The van der Waals surface area contributed by atoms with Crippen molar-refractivity contribution < 1.29 is 14.1 Å². The first-order chi connectivity index (χ1) is 18.1. The quantitative estimate of drug-likeness (QED) is 0.378. The predicted molar refractivity (Wildman–Crippen MR) is 141 cm³/mol. The normalized spacial score (nSPS) is 18.5. The van der Waals surface area contributed by atoms with Gasteiger partial charge < -0.3 is 14.3 Å². The molecule has 0 bridgehead atoms. The molecular formula is C29H33ClN4O3. The predicted octanol–water partition coefficient (Wildman–Crippen LogP) is 6.05. The zero-order chi connectivity index (χ0) is 25.6. The van der Waals surface area contributed by atoms with E-state index in [1.807, 2.05) is 47.4 Å². The Hall–Kier alpha value is -3.19. The van der Waals surface area contributed by atoms with Crippen LogP contribution in [-0.2, 0) is 16.1 Å². The van der Waals surface area contributed by atoms with E-state index in [9.17, 15) is 9.59 Å². The number of amides is 2. The maximum absolute atomic E-state index is 13.7. The molecule has 0 unspecified atom stereocenters. The third-order valence-electron chi connectivity index (χ3n) is 7.46. The number of benzene rings is 2. The van der Waals surface area contributed by atoms with Gasteiger partial charge in [-0.15, -0.1) is 0 Å². The number of piperidine rings is 1. The van der Waals surface area contributed by atoms with Gasteiger partial charge in [0.05, 0.1) is 0 Å². The maximum atomic E-state index is 13.7. The summed E-state index contributed by atoms with van der Waals surface area (Å²) in [5.74, 6) is 0.929. The van der Waals surface area contributed by atoms with Crippen LogP contribution < -0.4 is 0 Å². The Labute approximate surface area is 222 Å². The minimum Gasteiger partial charge on any atom is -0.337 e. The summed E-state index contributed by atoms with van der Waals surface area (Å²) in [4.78, 5) is 35.5. The molecule has 3 aromatic rings. The molecule has 0 radical (unpaired) electrons. The number of hydrogen-bond acceptors (Lipinski definition) is 5. The van der Waals surface area contributed by atoms with Gasteiger partial charge in [-0.3, -0.25) is 9.59 Å². The van der Waals surface area contributed by atoms with E-state index in [-0.39, 0.29) is 30.3 Å². The average molecular weight is 521 g/mol. The Morgan fingerprint density at radius 2 is 1.68 bits per heavy atom. The summed E-state index contributed by atoms with van der Waals surface area (Å²) < 4.78 is 5.64. The molecule has 1 aliphatic carbocycles. The van der Waals surface area contributed by atoms with Gasteiger partial charge in [0.25, 0.3) is 0 Å². The number of rotatable bonds is 7. The van der Waals surface area contributed by atoms with Gasteiger partial charge in [-0.05, 0) is 61.9 Å². The molecule has 1 aromatic heterocycles. The van der Waals surface area contributed by atoms with Crippen molar-refractivity contribution in [3.05, 3.63) is 71.1 Å². The van der Waals surface area contributed by atoms with E-state index in [0.717, 1.165) is 56.1 Å². The standard InChI is InChI=1S/C29H33ClN4O3/c30-24-16-14-22(15-17-24)27-31-28(37-32-27)25-13-7-8-18-34(25)26(35)20-33(19-21-9-3-1-4-10-21)29(36)23-11-5-2-6-12-23/h1,3-4,9-10,14-17,23,25H,2,5-8,11-13,18-20H2/t25-/m1/s1. The van der Waals surface area contributed by atoms with Gasteiger partial charge in [0.1, 0.15) is 12.6 Å². The van der Waals surface area contributed by atoms with E-state index < -0.39 is 0 Å². The first-order valence-electron chi connectivity index (χ1n) is 13.3. The second kappa shape index (κ2) is 11.9. The van der Waals surface area contributed by atoms with E-state index in [1.54, 1.807) is 17.0 Å². The molecule has 7 nitrogen and oxygen atoms in total. The van der Waals surface area contributed by atoms with Gasteiger partial charge in [-0.1, -0.05) is 66.4 Å². The fourth-order valence-corrected chi connectivity index (χ4v) is 5.58. The fraction of sp³-hybridized carbons (Fsp3) is 0.448. The van der Waals surface area contributed by atoms with Gasteiger partial charge in [0.2, 0.25) is 23.5 Å². The summed E-state index contributed by atoms with van der Waals surface area (Å²) in [6.07, 6.45) is 7.77. The minimum absolute atomic E-state index is 0.000268. The van der Waals surface area contributed by atoms with Crippen molar-refractivity contribution in [1.29, 1.82) is 0 Å². The van der Waals surface area contributed by atoms with Crippen LogP contribution in [0, 0.1) is 5.92 Å². The van der Waals surface area contributed by atoms with Crippen molar-refractivity contribution in [2.75, 3.05) is 13.1 Å². The molecule has 2 heterocycles. The van der Waals surface area contributed by atoms with Crippen LogP contribution in [0.25, 0.3) is 11.4 Å². The zero-order valence-electron chi connectivity index (χ0n) is 21.0. The lowest BCUT2D eigenvalue weighted by Gasteiger charge is -2.36. The molecule has 8 heteroatoms. The van der Waals surface area contributed by atoms with Crippen LogP contribution >= 0.6 is 11.6 Å². The Morgan fingerprint density at radius 1 is 0.946 bits per heavy atom. The SMILES string of the molecule is O=C(C1CCCCC1)N(CC(=O)N1CCCC[C@@H]1c1nc(-c2ccc(Cl)cc2)no1)Cc1ccccc1. The maximum Gasteiger partial charge on any atom is 0.249 e. The zero-order valence-corrected chi connectivity index (χ0v) is 21.8. The molecule has 1 saturated heterocycles. The second-order valence-corrected chi connectivity index (χ2v) is 10.5. The van der Waals surface area contributed by atoms with Crippen LogP contribution in [0.1, 0.15) is 68.9 Å². The smallest absolute Gasteiger partial charge is 0.249 e. The summed E-state index contributed by atoms with van der Waals surface area (Å²) in [6, 6.07) is 16.9. The number of likely N-dealkylation sites (tertiary alicyclic amines) is 1. The number of aromatic nitrogens is 2. The topological polar surface area (TPSA) is 79.5 Å². The summed E-state index contributed by atoms with van der Waals surface area (Å²) in [7, 11) is 0. The Morgan fingerprint density at radius 3 is 2.43 bits per heavy atom. The molecule has 0 spiro atoms. The number of carbonyl (C=O) groups is 2. The molecule has 194 valence electrons. The molecule has 2 aromatic carbocycles. The van der Waals surface area contributed by atoms with Crippen molar-refractivity contribution in [1.82, 2.24) is 19.9 Å². The monoisotopic (exact) mass is 520 g/mol. The lowest BCUT2D eigenvalue weighted by Crippen LogP contribution is -2.47. The van der Waals surface area contributed by atoms with Gasteiger partial charge in [0.15, 0.2) is 0 Å². The molecule has 2 fully saturated rings. The summed E-state index contributed by atoms with van der Waals surface area (Å²) in [5, 5.41) is 4.80. The number of halogens is 1. The third-order valence-corrected chi connectivity index (χ3v) is 7.71. The van der Waals surface area contributed by atoms with Gasteiger partial charge in [0, 0.05) is 29.6 Å². The minimum atomic E-state index is -0.293. The van der Waals surface area contributed by atoms with E-state index in [1.165, 1.54) is 6.42 Å². The Bertz CT molecular complexity index is 1190. The Kier molecular flexibility index (Phi) is 8.19. The number of nitrogens with zero attached hydrogens (tertiary/aromatic N) is 4. The van der Waals surface area contributed by atoms with E-state index in [2.05, 4.69) is 10.1 Å². The summed E-state index contributed by atoms with van der Waals surface area (Å²) in [6.45, 7) is 1.10. The molecule has 1 atom stereocenters. The van der Waals surface area contributed by atoms with E-state index in [4.69, 9.17) is 16.1 Å². The van der Waals surface area contributed by atoms with E-state index in [0.29, 0.717) is 29.8 Å². The van der Waals surface area contributed by atoms with Crippen molar-refractivity contribution in [2.45, 2.75) is 64.0 Å². The number of hydrogen-bond donors (Lipinski definition) is 0. The highest BCUT2D eigenvalue weighted by Gasteiger charge is 2.35. The van der Waals surface area contributed by atoms with Crippen LogP contribution in [0.3, 0.4) is 0 Å². The van der Waals surface area contributed by atoms with Crippen molar-refractivity contribution in [3.8, 4) is 11.4 Å². The molecule has 0 N–H and O–H groups in total. The van der Waals surface area contributed by atoms with Gasteiger partial charge >= 0.3 is 0 Å². The first kappa shape index (κ1) is 25.5. The average Bonchev–Trinajstić information content (AvgIpc) is 3.44. The molecule has 1 aliphatic heterocycles. The van der Waals surface area contributed by atoms with Crippen molar-refractivity contribution in [2.24, 2.45) is 5.92 Å². The number of carbonyl (C=O) groups excluding carboxylic acids is 2. The summed E-state index contributed by atoms with van der Waals surface area (Å²) in [5.41, 5.74) is 1.83. The highest BCUT2D eigenvalue weighted by Crippen LogP contribution is 2.32. The fourth-order valence-electron chi connectivity index (χ4n) is 5.45. The molecule has 2 aliphatic rings. The lowest BCUT2D eigenvalue weighted by atomic mass is 9.88. The van der Waals surface area contributed by atoms with Crippen LogP contribution in [0.5, 0.6) is 0 Å². The highest BCUT2D eigenvalue weighted by molar-refractivity contribution is 6.30. The van der Waals surface area contributed by atoms with E-state index >= 15 is 0 Å². The van der Waals surface area contributed by atoms with Crippen LogP contribution in [-0.4, -0.2) is 44.8 Å². The summed E-state index contributed by atoms with van der Waals surface area (Å²) >= 11 is 6.01. The van der Waals surface area contributed by atoms with Crippen LogP contribution in [0.15, 0.2) is 59.1 Å². The van der Waals surface area contributed by atoms with Crippen molar-refractivity contribution >= 4 is 23.4 Å². The molecule has 5 rings (SSSR count). The van der Waals surface area contributed by atoms with Gasteiger partial charge in [-0.25, -0.2) is 0 Å². The lowest BCUT2D eigenvalue weighted by molar-refractivity contribution is -0.146. The molecular weight excluding hydrogens is 488 g/mol. The largest absolute Gasteiger partial charge is 0.337 e. The first-order valence-corrected chi connectivity index (χ1v) is 13.7. The van der Waals surface area contributed by atoms with Crippen LogP contribution in [0.2, 0.25) is 5.02 Å². The van der Waals surface area contributed by atoms with Crippen LogP contribution in [0.4, 0.5) is 0 Å². The molecule has 1 saturated carbocycles. The second-order valence-electron chi connectivity index (χ2n) is 10.1. The van der Waals surface area contributed by atoms with Crippen molar-refractivity contribution in [3.63, 3.8) is 0 Å². The highest BCUT2D eigenvalue weighted by atomic mass is 35.5. The third kappa shape index (κ3) is 6.21. The van der Waals surface area contributed by atoms with Gasteiger partial charge in [-0.2, -0.15) is 4.98 Å².